The molecule has 0 saturated carbocycles. The average Bonchev–Trinajstić information content (AvgIpc) is 2.19. The highest BCUT2D eigenvalue weighted by Gasteiger charge is 2.12. The summed E-state index contributed by atoms with van der Waals surface area (Å²) in [4.78, 5) is 0. The smallest absolute Gasteiger partial charge is 0.00470 e. The quantitative estimate of drug-likeness (QED) is 0.563. The first-order chi connectivity index (χ1) is 6.43. The van der Waals surface area contributed by atoms with Crippen molar-refractivity contribution in [2.75, 3.05) is 5.75 Å². The molecule has 78 valence electrons. The van der Waals surface area contributed by atoms with Crippen LogP contribution >= 0.6 is 11.8 Å². The van der Waals surface area contributed by atoms with E-state index in [1.807, 2.05) is 0 Å². The highest BCUT2D eigenvalue weighted by atomic mass is 32.2. The lowest BCUT2D eigenvalue weighted by Crippen LogP contribution is -2.08. The molecule has 1 unspecified atom stereocenters. The summed E-state index contributed by atoms with van der Waals surface area (Å²) < 4.78 is 0. The summed E-state index contributed by atoms with van der Waals surface area (Å²) >= 11 is 2.23. The Bertz CT molecular complexity index is 106. The zero-order valence-electron chi connectivity index (χ0n) is 9.06. The van der Waals surface area contributed by atoms with Crippen molar-refractivity contribution in [3.8, 4) is 0 Å². The predicted molar refractivity (Wildman–Crippen MR) is 63.5 cm³/mol. The zero-order chi connectivity index (χ0) is 9.36. The van der Waals surface area contributed by atoms with Gasteiger partial charge in [-0.1, -0.05) is 45.4 Å². The van der Waals surface area contributed by atoms with Gasteiger partial charge >= 0.3 is 0 Å². The van der Waals surface area contributed by atoms with Crippen LogP contribution in [-0.2, 0) is 0 Å². The minimum atomic E-state index is 1.02. The Morgan fingerprint density at radius 3 is 2.62 bits per heavy atom. The van der Waals surface area contributed by atoms with Crippen LogP contribution in [0.1, 0.15) is 64.7 Å². The summed E-state index contributed by atoms with van der Waals surface area (Å²) in [5.41, 5.74) is 0. The number of thioether (sulfide) groups is 1. The van der Waals surface area contributed by atoms with Gasteiger partial charge in [0.05, 0.1) is 0 Å². The molecule has 1 fully saturated rings. The Labute approximate surface area is 87.9 Å². The summed E-state index contributed by atoms with van der Waals surface area (Å²) in [6.45, 7) is 2.29. The maximum atomic E-state index is 2.29. The van der Waals surface area contributed by atoms with Crippen LogP contribution in [0.3, 0.4) is 0 Å². The molecule has 1 aliphatic rings. The highest BCUT2D eigenvalue weighted by molar-refractivity contribution is 7.99. The second-order valence-electron chi connectivity index (χ2n) is 4.19. The van der Waals surface area contributed by atoms with Crippen LogP contribution in [0.25, 0.3) is 0 Å². The van der Waals surface area contributed by atoms with E-state index in [9.17, 15) is 0 Å². The molecule has 0 aromatic carbocycles. The van der Waals surface area contributed by atoms with Gasteiger partial charge in [-0.25, -0.2) is 0 Å². The van der Waals surface area contributed by atoms with Crippen molar-refractivity contribution in [1.82, 2.24) is 0 Å². The molecule has 0 aromatic heterocycles. The summed E-state index contributed by atoms with van der Waals surface area (Å²) in [6.07, 6.45) is 13.2. The number of hydrogen-bond donors (Lipinski definition) is 0. The third-order valence-corrected chi connectivity index (χ3v) is 4.37. The van der Waals surface area contributed by atoms with E-state index in [-0.39, 0.29) is 0 Å². The second kappa shape index (κ2) is 7.73. The maximum absolute atomic E-state index is 2.29. The fraction of sp³-hybridized carbons (Fsp3) is 1.00. The van der Waals surface area contributed by atoms with Crippen molar-refractivity contribution >= 4 is 11.8 Å². The largest absolute Gasteiger partial charge is 0.159 e. The van der Waals surface area contributed by atoms with Crippen molar-refractivity contribution in [2.24, 2.45) is 0 Å². The Balaban J connectivity index is 1.86. The molecule has 0 spiro atoms. The summed E-state index contributed by atoms with van der Waals surface area (Å²) in [7, 11) is 0. The lowest BCUT2D eigenvalue weighted by atomic mass is 10.1. The van der Waals surface area contributed by atoms with Crippen LogP contribution in [0.2, 0.25) is 0 Å². The van der Waals surface area contributed by atoms with Crippen LogP contribution in [0.4, 0.5) is 0 Å². The van der Waals surface area contributed by atoms with E-state index in [0.29, 0.717) is 0 Å². The van der Waals surface area contributed by atoms with E-state index in [1.54, 1.807) is 0 Å². The van der Waals surface area contributed by atoms with Gasteiger partial charge in [0.15, 0.2) is 0 Å². The molecule has 1 rings (SSSR count). The van der Waals surface area contributed by atoms with Crippen molar-refractivity contribution in [2.45, 2.75) is 70.0 Å². The molecule has 0 aromatic rings. The molecule has 1 atom stereocenters. The number of rotatable bonds is 6. The fourth-order valence-electron chi connectivity index (χ4n) is 2.01. The maximum Gasteiger partial charge on any atom is 0.00470 e. The van der Waals surface area contributed by atoms with Gasteiger partial charge in [-0.15, -0.1) is 0 Å². The second-order valence-corrected chi connectivity index (χ2v) is 5.60. The van der Waals surface area contributed by atoms with Crippen LogP contribution in [0.5, 0.6) is 0 Å². The minimum Gasteiger partial charge on any atom is -0.159 e. The molecule has 0 N–H and O–H groups in total. The van der Waals surface area contributed by atoms with Crippen molar-refractivity contribution in [1.29, 1.82) is 0 Å². The van der Waals surface area contributed by atoms with Gasteiger partial charge in [-0.05, 0) is 25.0 Å². The monoisotopic (exact) mass is 200 g/mol. The van der Waals surface area contributed by atoms with E-state index < -0.39 is 0 Å². The fourth-order valence-corrected chi connectivity index (χ4v) is 3.38. The first-order valence-corrected chi connectivity index (χ1v) is 7.10. The van der Waals surface area contributed by atoms with Gasteiger partial charge in [-0.3, -0.25) is 0 Å². The summed E-state index contributed by atoms with van der Waals surface area (Å²) in [6, 6.07) is 0. The van der Waals surface area contributed by atoms with E-state index in [2.05, 4.69) is 18.7 Å². The molecule has 0 radical (unpaired) electrons. The minimum absolute atomic E-state index is 1.02. The lowest BCUT2D eigenvalue weighted by molar-refractivity contribution is 0.563. The van der Waals surface area contributed by atoms with E-state index >= 15 is 0 Å². The standard InChI is InChI=1S/C12H24S/c1-2-3-4-5-6-9-12-10-7-8-11-13-12/h12H,2-11H2,1H3. The molecule has 0 amide bonds. The Kier molecular flexibility index (Phi) is 6.79. The first kappa shape index (κ1) is 11.4. The van der Waals surface area contributed by atoms with Gasteiger partial charge in [0.25, 0.3) is 0 Å². The van der Waals surface area contributed by atoms with Crippen molar-refractivity contribution in [3.05, 3.63) is 0 Å². The molecule has 1 heteroatoms. The SMILES string of the molecule is CCCCCCCC1CCCCS1. The van der Waals surface area contributed by atoms with Crippen molar-refractivity contribution < 1.29 is 0 Å². The van der Waals surface area contributed by atoms with Gasteiger partial charge in [0, 0.05) is 5.25 Å². The molecule has 0 aliphatic carbocycles. The average molecular weight is 200 g/mol. The normalized spacial score (nSPS) is 23.3. The zero-order valence-corrected chi connectivity index (χ0v) is 9.87. The molecule has 1 heterocycles. The first-order valence-electron chi connectivity index (χ1n) is 6.05. The Morgan fingerprint density at radius 1 is 1.08 bits per heavy atom. The topological polar surface area (TPSA) is 0 Å². The third kappa shape index (κ3) is 5.61. The number of unbranched alkanes of at least 4 members (excludes halogenated alkanes) is 4. The van der Waals surface area contributed by atoms with Gasteiger partial charge in [-0.2, -0.15) is 11.8 Å². The van der Waals surface area contributed by atoms with E-state index in [4.69, 9.17) is 0 Å². The van der Waals surface area contributed by atoms with Crippen LogP contribution in [-0.4, -0.2) is 11.0 Å². The predicted octanol–water partition coefficient (Wildman–Crippen LogP) is 4.63. The van der Waals surface area contributed by atoms with E-state index in [0.717, 1.165) is 5.25 Å². The van der Waals surface area contributed by atoms with Crippen LogP contribution in [0, 0.1) is 0 Å². The van der Waals surface area contributed by atoms with E-state index in [1.165, 1.54) is 63.5 Å². The van der Waals surface area contributed by atoms with Crippen molar-refractivity contribution in [3.63, 3.8) is 0 Å². The van der Waals surface area contributed by atoms with Crippen LogP contribution < -0.4 is 0 Å². The molecule has 0 bridgehead atoms. The molecule has 0 nitrogen and oxygen atoms in total. The molecule has 13 heavy (non-hydrogen) atoms. The van der Waals surface area contributed by atoms with Crippen LogP contribution in [0.15, 0.2) is 0 Å². The number of hydrogen-bond acceptors (Lipinski definition) is 1. The summed E-state index contributed by atoms with van der Waals surface area (Å²) in [5.74, 6) is 1.43. The Hall–Kier alpha value is 0.350. The van der Waals surface area contributed by atoms with Gasteiger partial charge in [0.2, 0.25) is 0 Å². The third-order valence-electron chi connectivity index (χ3n) is 2.90. The molecule has 1 saturated heterocycles. The summed E-state index contributed by atoms with van der Waals surface area (Å²) in [5, 5.41) is 1.02. The molecular formula is C12H24S. The Morgan fingerprint density at radius 2 is 1.92 bits per heavy atom. The van der Waals surface area contributed by atoms with Gasteiger partial charge in [0.1, 0.15) is 0 Å². The molecule has 1 aliphatic heterocycles. The lowest BCUT2D eigenvalue weighted by Gasteiger charge is -2.20. The molecular weight excluding hydrogens is 176 g/mol. The highest BCUT2D eigenvalue weighted by Crippen LogP contribution is 2.28. The van der Waals surface area contributed by atoms with Gasteiger partial charge < -0.3 is 0 Å².